The molecule has 0 bridgehead atoms. The fourth-order valence-electron chi connectivity index (χ4n) is 2.88. The first-order chi connectivity index (χ1) is 7.28. The third kappa shape index (κ3) is 1.53. The number of nitrogens with two attached hydrogens (primary N) is 1. The fraction of sp³-hybridized carbons (Fsp3) is 0.727. The maximum Gasteiger partial charge on any atom is 0.122 e. The van der Waals surface area contributed by atoms with E-state index in [1.165, 1.54) is 19.3 Å². The lowest BCUT2D eigenvalue weighted by Crippen LogP contribution is -2.08. The lowest BCUT2D eigenvalue weighted by molar-refractivity contribution is 0.270. The van der Waals surface area contributed by atoms with Crippen LogP contribution in [0.3, 0.4) is 0 Å². The van der Waals surface area contributed by atoms with Gasteiger partial charge in [-0.05, 0) is 31.1 Å². The number of hydrogen-bond acceptors (Lipinski definition) is 3. The maximum absolute atomic E-state index is 8.85. The Morgan fingerprint density at radius 1 is 1.40 bits per heavy atom. The zero-order valence-corrected chi connectivity index (χ0v) is 8.76. The van der Waals surface area contributed by atoms with Crippen LogP contribution in [-0.2, 0) is 6.54 Å². The molecule has 15 heavy (non-hydrogen) atoms. The van der Waals surface area contributed by atoms with Crippen LogP contribution in [0.1, 0.15) is 30.9 Å². The van der Waals surface area contributed by atoms with Crippen LogP contribution < -0.4 is 5.73 Å². The van der Waals surface area contributed by atoms with Crippen molar-refractivity contribution in [3.8, 4) is 0 Å². The van der Waals surface area contributed by atoms with Crippen LogP contribution >= 0.6 is 0 Å². The molecule has 3 N–H and O–H groups in total. The van der Waals surface area contributed by atoms with Gasteiger partial charge in [0.15, 0.2) is 0 Å². The molecule has 4 heteroatoms. The number of aromatic nitrogens is 2. The minimum absolute atomic E-state index is 0.0984. The third-order valence-electron chi connectivity index (χ3n) is 3.80. The molecule has 2 atom stereocenters. The normalized spacial score (nSPS) is 33.0. The molecule has 82 valence electrons. The topological polar surface area (TPSA) is 64.1 Å². The van der Waals surface area contributed by atoms with Gasteiger partial charge in [0.2, 0.25) is 0 Å². The highest BCUT2D eigenvalue weighted by atomic mass is 16.3. The molecule has 4 nitrogen and oxygen atoms in total. The summed E-state index contributed by atoms with van der Waals surface area (Å²) in [7, 11) is 0. The minimum Gasteiger partial charge on any atom is -0.394 e. The Morgan fingerprint density at radius 3 is 2.80 bits per heavy atom. The first-order valence-electron chi connectivity index (χ1n) is 5.72. The fourth-order valence-corrected chi connectivity index (χ4v) is 2.88. The van der Waals surface area contributed by atoms with Gasteiger partial charge in [0.05, 0.1) is 18.8 Å². The first-order valence-corrected chi connectivity index (χ1v) is 5.72. The van der Waals surface area contributed by atoms with Crippen molar-refractivity contribution >= 4 is 5.82 Å². The van der Waals surface area contributed by atoms with Crippen LogP contribution in [0.4, 0.5) is 5.82 Å². The zero-order chi connectivity index (χ0) is 10.4. The number of fused-ring (bicyclic) bond motifs is 1. The maximum atomic E-state index is 8.85. The van der Waals surface area contributed by atoms with Crippen LogP contribution in [0.5, 0.6) is 0 Å². The van der Waals surface area contributed by atoms with Crippen molar-refractivity contribution in [2.45, 2.75) is 31.7 Å². The van der Waals surface area contributed by atoms with Crippen LogP contribution in [0, 0.1) is 11.8 Å². The van der Waals surface area contributed by atoms with E-state index in [2.05, 4.69) is 5.10 Å². The van der Waals surface area contributed by atoms with Gasteiger partial charge in [0.1, 0.15) is 5.82 Å². The summed E-state index contributed by atoms with van der Waals surface area (Å²) in [4.78, 5) is 0. The Morgan fingerprint density at radius 2 is 2.13 bits per heavy atom. The predicted molar refractivity (Wildman–Crippen MR) is 57.3 cm³/mol. The van der Waals surface area contributed by atoms with Gasteiger partial charge in [0, 0.05) is 12.0 Å². The van der Waals surface area contributed by atoms with Crippen molar-refractivity contribution in [1.82, 2.24) is 9.78 Å². The number of rotatable bonds is 3. The van der Waals surface area contributed by atoms with Crippen LogP contribution in [-0.4, -0.2) is 21.5 Å². The van der Waals surface area contributed by atoms with E-state index in [-0.39, 0.29) is 6.61 Å². The van der Waals surface area contributed by atoms with Crippen molar-refractivity contribution < 1.29 is 5.11 Å². The quantitative estimate of drug-likeness (QED) is 0.776. The monoisotopic (exact) mass is 207 g/mol. The standard InChI is InChI=1S/C11H17N3O/c12-11-6-10(13-14(11)1-2-15)9-4-7-3-8(7)5-9/h6-9,15H,1-5,12H2. The Labute approximate surface area is 89.1 Å². The Balaban J connectivity index is 1.77. The van der Waals surface area contributed by atoms with Gasteiger partial charge in [-0.3, -0.25) is 0 Å². The number of nitrogen functional groups attached to an aromatic ring is 1. The molecule has 0 amide bonds. The summed E-state index contributed by atoms with van der Waals surface area (Å²) in [5.74, 6) is 3.24. The summed E-state index contributed by atoms with van der Waals surface area (Å²) in [6.07, 6.45) is 4.02. The molecule has 0 aliphatic heterocycles. The molecule has 1 aromatic rings. The highest BCUT2D eigenvalue weighted by Crippen LogP contribution is 2.57. The predicted octanol–water partition coefficient (Wildman–Crippen LogP) is 0.971. The highest BCUT2D eigenvalue weighted by molar-refractivity contribution is 5.33. The van der Waals surface area contributed by atoms with Crippen LogP contribution in [0.2, 0.25) is 0 Å². The molecule has 1 aromatic heterocycles. The number of anilines is 1. The van der Waals surface area contributed by atoms with E-state index in [4.69, 9.17) is 10.8 Å². The van der Waals surface area contributed by atoms with Crippen LogP contribution in [0.15, 0.2) is 6.07 Å². The Bertz CT molecular complexity index is 364. The van der Waals surface area contributed by atoms with Gasteiger partial charge >= 0.3 is 0 Å². The average molecular weight is 207 g/mol. The molecule has 0 saturated heterocycles. The molecular weight excluding hydrogens is 190 g/mol. The summed E-state index contributed by atoms with van der Waals surface area (Å²) in [5, 5.41) is 13.3. The van der Waals surface area contributed by atoms with E-state index in [1.54, 1.807) is 4.68 Å². The van der Waals surface area contributed by atoms with E-state index in [1.807, 2.05) is 6.07 Å². The number of aliphatic hydroxyl groups excluding tert-OH is 1. The summed E-state index contributed by atoms with van der Waals surface area (Å²) in [6, 6.07) is 1.98. The second-order valence-corrected chi connectivity index (χ2v) is 4.87. The summed E-state index contributed by atoms with van der Waals surface area (Å²) in [5.41, 5.74) is 6.96. The third-order valence-corrected chi connectivity index (χ3v) is 3.80. The van der Waals surface area contributed by atoms with E-state index in [0.29, 0.717) is 18.3 Å². The summed E-state index contributed by atoms with van der Waals surface area (Å²) in [6.45, 7) is 0.604. The number of nitrogens with zero attached hydrogens (tertiary/aromatic N) is 2. The van der Waals surface area contributed by atoms with Gasteiger partial charge in [-0.25, -0.2) is 4.68 Å². The lowest BCUT2D eigenvalue weighted by atomic mass is 10.00. The Hall–Kier alpha value is -1.03. The molecule has 2 unspecified atom stereocenters. The molecule has 0 radical (unpaired) electrons. The molecule has 3 rings (SSSR count). The SMILES string of the molecule is Nc1cc(C2CC3CC3C2)nn1CCO. The van der Waals surface area contributed by atoms with E-state index in [9.17, 15) is 0 Å². The lowest BCUT2D eigenvalue weighted by Gasteiger charge is -2.07. The van der Waals surface area contributed by atoms with Gasteiger partial charge < -0.3 is 10.8 Å². The summed E-state index contributed by atoms with van der Waals surface area (Å²) < 4.78 is 1.71. The molecule has 0 spiro atoms. The average Bonchev–Trinajstić information content (AvgIpc) is 2.67. The van der Waals surface area contributed by atoms with Gasteiger partial charge in [-0.15, -0.1) is 0 Å². The molecule has 2 aliphatic rings. The van der Waals surface area contributed by atoms with Crippen molar-refractivity contribution in [1.29, 1.82) is 0 Å². The molecule has 2 aliphatic carbocycles. The van der Waals surface area contributed by atoms with Crippen molar-refractivity contribution in [3.05, 3.63) is 11.8 Å². The minimum atomic E-state index is 0.0984. The van der Waals surface area contributed by atoms with Gasteiger partial charge in [0.25, 0.3) is 0 Å². The van der Waals surface area contributed by atoms with Gasteiger partial charge in [-0.2, -0.15) is 5.10 Å². The number of hydrogen-bond donors (Lipinski definition) is 2. The molecule has 2 fully saturated rings. The highest BCUT2D eigenvalue weighted by Gasteiger charge is 2.46. The molecular formula is C11H17N3O. The van der Waals surface area contributed by atoms with E-state index >= 15 is 0 Å². The van der Waals surface area contributed by atoms with Crippen LogP contribution in [0.25, 0.3) is 0 Å². The van der Waals surface area contributed by atoms with Crippen molar-refractivity contribution in [3.63, 3.8) is 0 Å². The summed E-state index contributed by atoms with van der Waals surface area (Å²) >= 11 is 0. The van der Waals surface area contributed by atoms with Gasteiger partial charge in [-0.1, -0.05) is 0 Å². The second kappa shape index (κ2) is 3.23. The molecule has 1 heterocycles. The zero-order valence-electron chi connectivity index (χ0n) is 8.76. The molecule has 0 aromatic carbocycles. The molecule has 2 saturated carbocycles. The van der Waals surface area contributed by atoms with E-state index in [0.717, 1.165) is 17.5 Å². The first kappa shape index (κ1) is 9.21. The van der Waals surface area contributed by atoms with Crippen molar-refractivity contribution in [2.24, 2.45) is 11.8 Å². The smallest absolute Gasteiger partial charge is 0.122 e. The Kier molecular flexibility index (Phi) is 1.99. The van der Waals surface area contributed by atoms with E-state index < -0.39 is 0 Å². The van der Waals surface area contributed by atoms with Crippen molar-refractivity contribution in [2.75, 3.05) is 12.3 Å². The number of aliphatic hydroxyl groups is 1. The largest absolute Gasteiger partial charge is 0.394 e. The second-order valence-electron chi connectivity index (χ2n) is 4.87.